The number of aliphatic carboxylic acids is 1. The van der Waals surface area contributed by atoms with E-state index in [0.717, 1.165) is 21.3 Å². The van der Waals surface area contributed by atoms with Gasteiger partial charge in [-0.05, 0) is 12.1 Å². The van der Waals surface area contributed by atoms with Gasteiger partial charge in [-0.15, -0.1) is 0 Å². The van der Waals surface area contributed by atoms with Gasteiger partial charge in [0, 0.05) is 14.2 Å². The fraction of sp³-hybridized carbons (Fsp3) is 0.579. The van der Waals surface area contributed by atoms with E-state index in [1.165, 1.54) is 24.3 Å². The first kappa shape index (κ1) is 26.1. The Morgan fingerprint density at radius 1 is 1.28 bits per heavy atom. The minimum atomic E-state index is -2.87. The molecule has 0 amide bonds. The van der Waals surface area contributed by atoms with E-state index in [1.807, 2.05) is 0 Å². The predicted octanol–water partition coefficient (Wildman–Crippen LogP) is -1.65. The Kier molecular flexibility index (Phi) is 8.27. The van der Waals surface area contributed by atoms with Crippen LogP contribution in [0.15, 0.2) is 30.3 Å². The van der Waals surface area contributed by atoms with Gasteiger partial charge in [-0.2, -0.15) is 4.89 Å². The van der Waals surface area contributed by atoms with Crippen LogP contribution < -0.4 is 5.73 Å². The molecule has 1 aliphatic heterocycles. The van der Waals surface area contributed by atoms with Gasteiger partial charge >= 0.3 is 17.7 Å². The van der Waals surface area contributed by atoms with Crippen molar-refractivity contribution in [2.24, 2.45) is 5.73 Å². The van der Waals surface area contributed by atoms with Crippen LogP contribution >= 0.6 is 0 Å². The van der Waals surface area contributed by atoms with Gasteiger partial charge in [-0.3, -0.25) is 4.74 Å². The summed E-state index contributed by atoms with van der Waals surface area (Å²) in [4.78, 5) is 34.6. The highest BCUT2D eigenvalue weighted by atomic mass is 17.2. The molecule has 6 atom stereocenters. The standard InChI is InChI=1S/C19H27NO12/c1-27-18(32-29-3,13(23)10-21)19(28-2)14(20)12(22)9-17(31-19,16(25)26)30-15(24)11-7-5-4-6-8-11/h4-8,12-14,21-23H,9-10,20H2,1-3H3,(H,25,26)/t12-,13+,14+,17-,18+,19+/m0/s1. The van der Waals surface area contributed by atoms with E-state index in [9.17, 15) is 30.0 Å². The fourth-order valence-corrected chi connectivity index (χ4v) is 3.56. The lowest BCUT2D eigenvalue weighted by molar-refractivity contribution is -0.536. The lowest BCUT2D eigenvalue weighted by Crippen LogP contribution is -2.80. The summed E-state index contributed by atoms with van der Waals surface area (Å²) >= 11 is 0. The zero-order valence-electron chi connectivity index (χ0n) is 17.7. The normalized spacial score (nSPS) is 30.8. The number of nitrogens with two attached hydrogens (primary N) is 1. The third-order valence-electron chi connectivity index (χ3n) is 5.15. The first-order chi connectivity index (χ1) is 15.1. The number of carbonyl (C=O) groups excluding carboxylic acids is 1. The lowest BCUT2D eigenvalue weighted by atomic mass is 9.83. The summed E-state index contributed by atoms with van der Waals surface area (Å²) in [6, 6.07) is 5.77. The maximum absolute atomic E-state index is 12.6. The van der Waals surface area contributed by atoms with Gasteiger partial charge in [0.15, 0.2) is 0 Å². The molecule has 13 nitrogen and oxygen atoms in total. The van der Waals surface area contributed by atoms with Crippen molar-refractivity contribution in [3.05, 3.63) is 35.9 Å². The molecule has 0 bridgehead atoms. The summed E-state index contributed by atoms with van der Waals surface area (Å²) in [5, 5.41) is 40.7. The van der Waals surface area contributed by atoms with Gasteiger partial charge in [0.05, 0.1) is 37.8 Å². The number of methoxy groups -OCH3 is 2. The Morgan fingerprint density at radius 3 is 2.38 bits per heavy atom. The molecule has 180 valence electrons. The first-order valence-corrected chi connectivity index (χ1v) is 9.36. The lowest BCUT2D eigenvalue weighted by Gasteiger charge is -2.55. The molecule has 0 spiro atoms. The first-order valence-electron chi connectivity index (χ1n) is 9.36. The maximum Gasteiger partial charge on any atom is 0.377 e. The molecular weight excluding hydrogens is 434 g/mol. The highest BCUT2D eigenvalue weighted by Gasteiger charge is 2.73. The van der Waals surface area contributed by atoms with E-state index in [4.69, 9.17) is 29.6 Å². The molecule has 13 heteroatoms. The number of aliphatic hydroxyl groups excluding tert-OH is 3. The van der Waals surface area contributed by atoms with Crippen molar-refractivity contribution in [2.75, 3.05) is 27.9 Å². The van der Waals surface area contributed by atoms with Crippen molar-refractivity contribution in [3.8, 4) is 0 Å². The Labute approximate surface area is 183 Å². The second kappa shape index (κ2) is 10.2. The summed E-state index contributed by atoms with van der Waals surface area (Å²) in [6.45, 7) is -1.02. The highest BCUT2D eigenvalue weighted by Crippen LogP contribution is 2.46. The Bertz CT molecular complexity index is 794. The number of hydrogen-bond acceptors (Lipinski definition) is 12. The molecule has 32 heavy (non-hydrogen) atoms. The summed E-state index contributed by atoms with van der Waals surface area (Å²) in [5.41, 5.74) is 6.07. The minimum absolute atomic E-state index is 0.00866. The summed E-state index contributed by atoms with van der Waals surface area (Å²) in [5.74, 6) is -11.1. The maximum atomic E-state index is 12.6. The number of hydrogen-bond donors (Lipinski definition) is 5. The molecule has 0 aromatic heterocycles. The van der Waals surface area contributed by atoms with E-state index < -0.39 is 60.6 Å². The molecule has 1 heterocycles. The van der Waals surface area contributed by atoms with Gasteiger partial charge in [0.25, 0.3) is 11.6 Å². The van der Waals surface area contributed by atoms with Crippen LogP contribution in [-0.4, -0.2) is 95.9 Å². The number of aliphatic hydroxyl groups is 3. The molecule has 0 aliphatic carbocycles. The van der Waals surface area contributed by atoms with Crippen molar-refractivity contribution in [1.82, 2.24) is 0 Å². The van der Waals surface area contributed by atoms with Gasteiger partial charge in [-0.25, -0.2) is 14.5 Å². The highest BCUT2D eigenvalue weighted by molar-refractivity contribution is 5.92. The van der Waals surface area contributed by atoms with Crippen molar-refractivity contribution in [1.29, 1.82) is 0 Å². The van der Waals surface area contributed by atoms with Crippen LogP contribution in [0.3, 0.4) is 0 Å². The molecular formula is C19H27NO12. The number of benzene rings is 1. The fourth-order valence-electron chi connectivity index (χ4n) is 3.56. The van der Waals surface area contributed by atoms with Crippen LogP contribution in [0.1, 0.15) is 16.8 Å². The van der Waals surface area contributed by atoms with Crippen LogP contribution in [0, 0.1) is 0 Å². The molecule has 0 saturated carbocycles. The second-order valence-electron chi connectivity index (χ2n) is 6.90. The van der Waals surface area contributed by atoms with Crippen molar-refractivity contribution in [3.63, 3.8) is 0 Å². The van der Waals surface area contributed by atoms with Gasteiger partial charge in [-0.1, -0.05) is 18.2 Å². The number of carboxylic acids is 1. The summed E-state index contributed by atoms with van der Waals surface area (Å²) < 4.78 is 21.3. The van der Waals surface area contributed by atoms with E-state index in [2.05, 4.69) is 4.89 Å². The van der Waals surface area contributed by atoms with E-state index in [-0.39, 0.29) is 5.56 Å². The quantitative estimate of drug-likeness (QED) is 0.115. The number of esters is 1. The second-order valence-corrected chi connectivity index (χ2v) is 6.90. The molecule has 2 rings (SSSR count). The van der Waals surface area contributed by atoms with Gasteiger partial charge in [0.1, 0.15) is 6.10 Å². The van der Waals surface area contributed by atoms with Crippen LogP contribution in [0.2, 0.25) is 0 Å². The third-order valence-corrected chi connectivity index (χ3v) is 5.15. The number of rotatable bonds is 10. The molecule has 1 aromatic carbocycles. The summed E-state index contributed by atoms with van der Waals surface area (Å²) in [6.07, 6.45) is -4.56. The Balaban J connectivity index is 2.65. The van der Waals surface area contributed by atoms with Crippen molar-refractivity contribution in [2.45, 2.75) is 42.0 Å². The average molecular weight is 461 g/mol. The molecule has 0 unspecified atom stereocenters. The van der Waals surface area contributed by atoms with Gasteiger partial charge in [0.2, 0.25) is 0 Å². The Morgan fingerprint density at radius 2 is 1.91 bits per heavy atom. The van der Waals surface area contributed by atoms with E-state index in [1.54, 1.807) is 6.07 Å². The van der Waals surface area contributed by atoms with E-state index >= 15 is 0 Å². The molecule has 0 radical (unpaired) electrons. The monoisotopic (exact) mass is 461 g/mol. The number of carboxylic acid groups (broad SMARTS) is 1. The average Bonchev–Trinajstić information content (AvgIpc) is 2.79. The molecule has 1 aromatic rings. The smallest absolute Gasteiger partial charge is 0.377 e. The van der Waals surface area contributed by atoms with Crippen LogP contribution in [-0.2, 0) is 33.5 Å². The summed E-state index contributed by atoms with van der Waals surface area (Å²) in [7, 11) is 3.00. The zero-order valence-corrected chi connectivity index (χ0v) is 17.7. The van der Waals surface area contributed by atoms with Crippen molar-refractivity contribution < 1.29 is 58.7 Å². The van der Waals surface area contributed by atoms with Crippen molar-refractivity contribution >= 4 is 11.9 Å². The Hall–Kier alpha value is -2.20. The zero-order chi connectivity index (χ0) is 24.2. The largest absolute Gasteiger partial charge is 0.476 e. The molecule has 1 saturated heterocycles. The van der Waals surface area contributed by atoms with Crippen LogP contribution in [0.5, 0.6) is 0 Å². The predicted molar refractivity (Wildman–Crippen MR) is 103 cm³/mol. The molecule has 6 N–H and O–H groups in total. The number of ether oxygens (including phenoxy) is 4. The molecule has 1 aliphatic rings. The number of carbonyl (C=O) groups is 2. The minimum Gasteiger partial charge on any atom is -0.476 e. The van der Waals surface area contributed by atoms with Crippen LogP contribution in [0.4, 0.5) is 0 Å². The SMILES string of the molecule is COO[C@](OC)([C@H](O)CO)[C@]1(OC)O[C@](OC(=O)c2ccccc2)(C(=O)O)C[C@H](O)[C@H]1N. The van der Waals surface area contributed by atoms with Crippen LogP contribution in [0.25, 0.3) is 0 Å². The topological polar surface area (TPSA) is 196 Å². The van der Waals surface area contributed by atoms with Gasteiger partial charge < -0.3 is 40.4 Å². The third kappa shape index (κ3) is 4.22. The molecule has 1 fully saturated rings. The van der Waals surface area contributed by atoms with E-state index in [0.29, 0.717) is 0 Å².